The highest BCUT2D eigenvalue weighted by Crippen LogP contribution is 2.35. The third-order valence-corrected chi connectivity index (χ3v) is 5.58. The van der Waals surface area contributed by atoms with E-state index in [0.717, 1.165) is 14.9 Å². The summed E-state index contributed by atoms with van der Waals surface area (Å²) in [7, 11) is 2.78. The van der Waals surface area contributed by atoms with E-state index in [0.29, 0.717) is 17.1 Å². The van der Waals surface area contributed by atoms with Gasteiger partial charge in [-0.2, -0.15) is 0 Å². The topological polar surface area (TPSA) is 107 Å². The van der Waals surface area contributed by atoms with Crippen LogP contribution in [0.4, 0.5) is 4.79 Å². The Morgan fingerprint density at radius 3 is 2.69 bits per heavy atom. The molecule has 0 spiro atoms. The van der Waals surface area contributed by atoms with E-state index in [1.807, 2.05) is 19.9 Å². The van der Waals surface area contributed by atoms with Crippen molar-refractivity contribution in [2.75, 3.05) is 14.2 Å². The van der Waals surface area contributed by atoms with Crippen LogP contribution in [0.2, 0.25) is 0 Å². The van der Waals surface area contributed by atoms with Gasteiger partial charge in [-0.25, -0.2) is 9.59 Å². The molecule has 1 atom stereocenters. The van der Waals surface area contributed by atoms with Crippen LogP contribution in [0.25, 0.3) is 6.08 Å². The van der Waals surface area contributed by atoms with Crippen LogP contribution in [0, 0.1) is 3.57 Å². The Kier molecular flexibility index (Phi) is 7.44. The fourth-order valence-corrected chi connectivity index (χ4v) is 3.69. The van der Waals surface area contributed by atoms with Crippen LogP contribution in [0.15, 0.2) is 34.4 Å². The molecule has 0 aliphatic carbocycles. The van der Waals surface area contributed by atoms with Crippen molar-refractivity contribution in [2.45, 2.75) is 32.9 Å². The van der Waals surface area contributed by atoms with Gasteiger partial charge < -0.3 is 23.9 Å². The minimum Gasteiger partial charge on any atom is -0.493 e. The van der Waals surface area contributed by atoms with Gasteiger partial charge >= 0.3 is 12.0 Å². The molecule has 1 aliphatic heterocycles. The number of carbonyl (C=O) groups is 3. The molecule has 0 radical (unpaired) electrons. The average molecular weight is 554 g/mol. The third-order valence-electron chi connectivity index (χ3n) is 4.78. The van der Waals surface area contributed by atoms with E-state index < -0.39 is 17.9 Å². The fourth-order valence-electron chi connectivity index (χ4n) is 2.93. The summed E-state index contributed by atoms with van der Waals surface area (Å²) in [5.74, 6) is 0.277. The molecule has 10 heteroatoms. The first kappa shape index (κ1) is 23.6. The number of furan rings is 1. The Bertz CT molecular complexity index is 1080. The summed E-state index contributed by atoms with van der Waals surface area (Å²) < 4.78 is 22.2. The summed E-state index contributed by atoms with van der Waals surface area (Å²) in [5, 5.41) is 2.57. The zero-order valence-electron chi connectivity index (χ0n) is 18.1. The highest BCUT2D eigenvalue weighted by Gasteiger charge is 2.34. The molecule has 1 aliphatic rings. The van der Waals surface area contributed by atoms with Crippen molar-refractivity contribution >= 4 is 46.6 Å². The van der Waals surface area contributed by atoms with E-state index in [1.54, 1.807) is 19.3 Å². The lowest BCUT2D eigenvalue weighted by Crippen LogP contribution is -2.30. The predicted molar refractivity (Wildman–Crippen MR) is 123 cm³/mol. The third kappa shape index (κ3) is 5.06. The molecule has 2 aromatic rings. The van der Waals surface area contributed by atoms with Crippen molar-refractivity contribution in [1.29, 1.82) is 0 Å². The van der Waals surface area contributed by atoms with Gasteiger partial charge in [0.25, 0.3) is 5.91 Å². The molecule has 0 unspecified atom stereocenters. The fraction of sp³-hybridized carbons (Fsp3) is 0.318. The van der Waals surface area contributed by atoms with Gasteiger partial charge in [-0.1, -0.05) is 6.92 Å². The van der Waals surface area contributed by atoms with Crippen LogP contribution in [0.3, 0.4) is 0 Å². The quantitative estimate of drug-likeness (QED) is 0.228. The Labute approximate surface area is 198 Å². The Balaban J connectivity index is 1.81. The summed E-state index contributed by atoms with van der Waals surface area (Å²) in [6.07, 6.45) is 2.44. The van der Waals surface area contributed by atoms with Gasteiger partial charge in [0.15, 0.2) is 11.5 Å². The molecule has 170 valence electrons. The summed E-state index contributed by atoms with van der Waals surface area (Å²) in [5.41, 5.74) is 0.780. The van der Waals surface area contributed by atoms with Crippen molar-refractivity contribution in [3.63, 3.8) is 0 Å². The molecule has 1 aromatic heterocycles. The lowest BCUT2D eigenvalue weighted by Gasteiger charge is -2.17. The summed E-state index contributed by atoms with van der Waals surface area (Å²) in [4.78, 5) is 37.7. The number of halogens is 1. The number of rotatable bonds is 8. The molecule has 3 rings (SSSR count). The van der Waals surface area contributed by atoms with Gasteiger partial charge in [0, 0.05) is 0 Å². The molecule has 0 bridgehead atoms. The number of hydrogen-bond acceptors (Lipinski definition) is 7. The number of nitrogens with zero attached hydrogens (tertiary/aromatic N) is 1. The monoisotopic (exact) mass is 554 g/mol. The molecule has 2 heterocycles. The lowest BCUT2D eigenvalue weighted by molar-refractivity contribution is -0.123. The number of amides is 3. The largest absolute Gasteiger partial charge is 0.493 e. The van der Waals surface area contributed by atoms with Gasteiger partial charge in [0.05, 0.1) is 30.4 Å². The number of esters is 1. The average Bonchev–Trinajstić information content (AvgIpc) is 3.35. The zero-order chi connectivity index (χ0) is 23.4. The maximum Gasteiger partial charge on any atom is 0.373 e. The predicted octanol–water partition coefficient (Wildman–Crippen LogP) is 3.95. The van der Waals surface area contributed by atoms with Crippen LogP contribution in [-0.2, 0) is 16.1 Å². The number of methoxy groups -OCH3 is 2. The van der Waals surface area contributed by atoms with Crippen LogP contribution in [-0.4, -0.2) is 43.1 Å². The standard InChI is InChI=1S/C22H23IN2O7/c1-5-12(2)31-19-15(23)8-13(10-18(19)29-3)9-16-20(26)25(22(28)24-16)11-14-6-7-17(32-14)21(27)30-4/h6-10,12H,5,11H2,1-4H3,(H,24,28)/b16-9-/t12-/m0/s1. The highest BCUT2D eigenvalue weighted by atomic mass is 127. The van der Waals surface area contributed by atoms with Crippen LogP contribution >= 0.6 is 22.6 Å². The van der Waals surface area contributed by atoms with Crippen molar-refractivity contribution in [3.8, 4) is 11.5 Å². The smallest absolute Gasteiger partial charge is 0.373 e. The number of hydrogen-bond donors (Lipinski definition) is 1. The number of nitrogens with one attached hydrogen (secondary N) is 1. The first-order valence-electron chi connectivity index (χ1n) is 9.83. The molecule has 3 amide bonds. The van der Waals surface area contributed by atoms with Crippen molar-refractivity contribution in [3.05, 3.63) is 50.6 Å². The van der Waals surface area contributed by atoms with Gasteiger partial charge in [-0.05, 0) is 71.8 Å². The Morgan fingerprint density at radius 2 is 2.03 bits per heavy atom. The second-order valence-corrected chi connectivity index (χ2v) is 8.17. The zero-order valence-corrected chi connectivity index (χ0v) is 20.2. The molecule has 0 saturated carbocycles. The minimum atomic E-state index is -0.640. The number of benzene rings is 1. The second kappa shape index (κ2) is 10.1. The van der Waals surface area contributed by atoms with Crippen LogP contribution in [0.5, 0.6) is 11.5 Å². The number of ether oxygens (including phenoxy) is 3. The van der Waals surface area contributed by atoms with Gasteiger partial charge in [-0.15, -0.1) is 0 Å². The second-order valence-electron chi connectivity index (χ2n) is 7.01. The van der Waals surface area contributed by atoms with E-state index in [2.05, 4.69) is 32.6 Å². The van der Waals surface area contributed by atoms with E-state index in [-0.39, 0.29) is 29.9 Å². The number of urea groups is 1. The van der Waals surface area contributed by atoms with Gasteiger partial charge in [-0.3, -0.25) is 9.69 Å². The summed E-state index contributed by atoms with van der Waals surface area (Å²) in [6.45, 7) is 3.88. The van der Waals surface area contributed by atoms with E-state index in [4.69, 9.17) is 13.9 Å². The molecular formula is C22H23IN2O7. The summed E-state index contributed by atoms with van der Waals surface area (Å²) in [6, 6.07) is 5.93. The molecule has 9 nitrogen and oxygen atoms in total. The van der Waals surface area contributed by atoms with Crippen molar-refractivity contribution in [1.82, 2.24) is 10.2 Å². The SMILES string of the molecule is CC[C@H](C)Oc1c(I)cc(/C=C2\NC(=O)N(Cc3ccc(C(=O)OC)o3)C2=O)cc1OC. The lowest BCUT2D eigenvalue weighted by atomic mass is 10.1. The molecule has 32 heavy (non-hydrogen) atoms. The molecule has 1 saturated heterocycles. The maximum absolute atomic E-state index is 12.8. The highest BCUT2D eigenvalue weighted by molar-refractivity contribution is 14.1. The van der Waals surface area contributed by atoms with Crippen LogP contribution in [0.1, 0.15) is 42.1 Å². The summed E-state index contributed by atoms with van der Waals surface area (Å²) >= 11 is 2.14. The molecule has 1 fully saturated rings. The van der Waals surface area contributed by atoms with Crippen molar-refractivity contribution in [2.24, 2.45) is 0 Å². The first-order valence-corrected chi connectivity index (χ1v) is 10.9. The minimum absolute atomic E-state index is 0.00769. The van der Waals surface area contributed by atoms with E-state index in [1.165, 1.54) is 19.2 Å². The van der Waals surface area contributed by atoms with Crippen LogP contribution < -0.4 is 14.8 Å². The molecule has 1 N–H and O–H groups in total. The first-order chi connectivity index (χ1) is 15.3. The Hall–Kier alpha value is -3.02. The number of imide groups is 1. The maximum atomic E-state index is 12.8. The van der Waals surface area contributed by atoms with Gasteiger partial charge in [0.1, 0.15) is 11.5 Å². The van der Waals surface area contributed by atoms with E-state index >= 15 is 0 Å². The molecule has 1 aromatic carbocycles. The Morgan fingerprint density at radius 1 is 1.28 bits per heavy atom. The number of carbonyl (C=O) groups excluding carboxylic acids is 3. The molecular weight excluding hydrogens is 531 g/mol. The van der Waals surface area contributed by atoms with Crippen molar-refractivity contribution < 1.29 is 33.0 Å². The van der Waals surface area contributed by atoms with E-state index in [9.17, 15) is 14.4 Å². The normalized spacial score (nSPS) is 15.7. The van der Waals surface area contributed by atoms with Gasteiger partial charge in [0.2, 0.25) is 5.76 Å².